The number of halogens is 1. The fraction of sp³-hybridized carbons (Fsp3) is 0.739. The third kappa shape index (κ3) is 9.10. The Morgan fingerprint density at radius 2 is 1.94 bits per heavy atom. The van der Waals surface area contributed by atoms with Crippen molar-refractivity contribution in [1.29, 1.82) is 0 Å². The van der Waals surface area contributed by atoms with Crippen LogP contribution < -0.4 is 10.1 Å². The molecule has 2 heterocycles. The Kier molecular flexibility index (Phi) is 12.5. The number of hydrogen-bond acceptors (Lipinski definition) is 5. The Hall–Kier alpha value is -1.13. The number of rotatable bonds is 10. The number of guanidine groups is 1. The van der Waals surface area contributed by atoms with E-state index in [0.717, 1.165) is 82.4 Å². The van der Waals surface area contributed by atoms with Crippen molar-refractivity contribution >= 4 is 29.9 Å². The van der Waals surface area contributed by atoms with E-state index in [-0.39, 0.29) is 24.0 Å². The number of pyridine rings is 1. The van der Waals surface area contributed by atoms with Crippen LogP contribution in [0.15, 0.2) is 23.3 Å². The molecule has 0 atom stereocenters. The number of piperidine rings is 1. The fourth-order valence-electron chi connectivity index (χ4n) is 4.07. The number of hydrogen-bond donors (Lipinski definition) is 1. The topological polar surface area (TPSA) is 68.2 Å². The zero-order valence-electron chi connectivity index (χ0n) is 19.1. The molecule has 1 saturated heterocycles. The summed E-state index contributed by atoms with van der Waals surface area (Å²) in [6.45, 7) is 7.07. The summed E-state index contributed by atoms with van der Waals surface area (Å²) in [5, 5.41) is 3.44. The molecule has 0 amide bonds. The molecule has 2 aliphatic rings. The fourth-order valence-corrected chi connectivity index (χ4v) is 4.07. The highest BCUT2D eigenvalue weighted by atomic mass is 127. The highest BCUT2D eigenvalue weighted by Crippen LogP contribution is 2.23. The van der Waals surface area contributed by atoms with Crippen LogP contribution in [-0.2, 0) is 16.0 Å². The van der Waals surface area contributed by atoms with Gasteiger partial charge in [0.1, 0.15) is 6.10 Å². The molecule has 3 rings (SSSR count). The zero-order valence-corrected chi connectivity index (χ0v) is 21.4. The number of aliphatic imine (C=N–C) groups is 1. The Morgan fingerprint density at radius 1 is 1.16 bits per heavy atom. The zero-order chi connectivity index (χ0) is 21.0. The molecule has 1 saturated carbocycles. The molecule has 0 aromatic carbocycles. The van der Waals surface area contributed by atoms with Crippen LogP contribution in [0.4, 0.5) is 0 Å². The average Bonchev–Trinajstić information content (AvgIpc) is 3.28. The largest absolute Gasteiger partial charge is 0.474 e. The molecular formula is C23H39IN4O3. The predicted octanol–water partition coefficient (Wildman–Crippen LogP) is 4.00. The van der Waals surface area contributed by atoms with Crippen molar-refractivity contribution in [2.24, 2.45) is 4.99 Å². The molecule has 8 heteroatoms. The number of ether oxygens (including phenoxy) is 3. The monoisotopic (exact) mass is 546 g/mol. The summed E-state index contributed by atoms with van der Waals surface area (Å²) in [5.74, 6) is 1.71. The van der Waals surface area contributed by atoms with Crippen molar-refractivity contribution in [3.05, 3.63) is 23.9 Å². The lowest BCUT2D eigenvalue weighted by Gasteiger charge is -2.34. The first-order valence-electron chi connectivity index (χ1n) is 11.5. The second-order valence-electron chi connectivity index (χ2n) is 8.10. The van der Waals surface area contributed by atoms with E-state index in [2.05, 4.69) is 22.1 Å². The van der Waals surface area contributed by atoms with Crippen LogP contribution >= 0.6 is 24.0 Å². The Bertz CT molecular complexity index is 647. The summed E-state index contributed by atoms with van der Waals surface area (Å²) in [6.07, 6.45) is 10.3. The van der Waals surface area contributed by atoms with Crippen molar-refractivity contribution < 1.29 is 14.2 Å². The third-order valence-corrected chi connectivity index (χ3v) is 5.72. The van der Waals surface area contributed by atoms with Crippen LogP contribution in [-0.4, -0.2) is 68.0 Å². The van der Waals surface area contributed by atoms with Gasteiger partial charge in [-0.25, -0.2) is 9.98 Å². The number of aromatic nitrogens is 1. The minimum absolute atomic E-state index is 0. The van der Waals surface area contributed by atoms with E-state index in [1.54, 1.807) is 7.11 Å². The first-order chi connectivity index (χ1) is 14.8. The molecule has 2 fully saturated rings. The Morgan fingerprint density at radius 3 is 2.65 bits per heavy atom. The number of likely N-dealkylation sites (tertiary alicyclic amines) is 1. The summed E-state index contributed by atoms with van der Waals surface area (Å²) in [6, 6.07) is 4.06. The summed E-state index contributed by atoms with van der Waals surface area (Å²) in [4.78, 5) is 11.6. The predicted molar refractivity (Wildman–Crippen MR) is 134 cm³/mol. The molecule has 0 spiro atoms. The van der Waals surface area contributed by atoms with E-state index in [4.69, 9.17) is 19.2 Å². The molecule has 0 unspecified atom stereocenters. The standard InChI is InChI=1S/C23H38N4O3.HI/c1-3-24-23(27-13-10-20(11-14-27)29-16-6-15-28-2)26-18-19-9-12-25-22(17-19)30-21-7-4-5-8-21;/h9,12,17,20-21H,3-8,10-11,13-16,18H2,1-2H3,(H,24,26);1H. The van der Waals surface area contributed by atoms with Crippen molar-refractivity contribution in [2.75, 3.05) is 40.0 Å². The third-order valence-electron chi connectivity index (χ3n) is 5.72. The van der Waals surface area contributed by atoms with E-state index in [1.807, 2.05) is 18.3 Å². The van der Waals surface area contributed by atoms with E-state index in [0.29, 0.717) is 18.8 Å². The van der Waals surface area contributed by atoms with E-state index in [9.17, 15) is 0 Å². The van der Waals surface area contributed by atoms with Crippen LogP contribution in [0.5, 0.6) is 5.88 Å². The summed E-state index contributed by atoms with van der Waals surface area (Å²) in [7, 11) is 1.73. The maximum absolute atomic E-state index is 6.04. The van der Waals surface area contributed by atoms with Crippen molar-refractivity contribution in [3.8, 4) is 5.88 Å². The molecule has 0 bridgehead atoms. The number of nitrogens with zero attached hydrogens (tertiary/aromatic N) is 3. The summed E-state index contributed by atoms with van der Waals surface area (Å²) >= 11 is 0. The molecule has 1 N–H and O–H groups in total. The summed E-state index contributed by atoms with van der Waals surface area (Å²) < 4.78 is 17.1. The lowest BCUT2D eigenvalue weighted by atomic mass is 10.1. The molecule has 0 radical (unpaired) electrons. The Labute approximate surface area is 204 Å². The van der Waals surface area contributed by atoms with Gasteiger partial charge in [0.05, 0.1) is 12.6 Å². The van der Waals surface area contributed by atoms with Crippen LogP contribution in [0.1, 0.15) is 57.4 Å². The smallest absolute Gasteiger partial charge is 0.213 e. The Balaban J connectivity index is 0.00000341. The van der Waals surface area contributed by atoms with Gasteiger partial charge in [0.15, 0.2) is 5.96 Å². The first-order valence-corrected chi connectivity index (χ1v) is 11.5. The van der Waals surface area contributed by atoms with Gasteiger partial charge in [0, 0.05) is 52.2 Å². The van der Waals surface area contributed by atoms with Crippen LogP contribution in [0.2, 0.25) is 0 Å². The van der Waals surface area contributed by atoms with Crippen molar-refractivity contribution in [3.63, 3.8) is 0 Å². The molecule has 1 aromatic heterocycles. The molecule has 7 nitrogen and oxygen atoms in total. The van der Waals surface area contributed by atoms with E-state index in [1.165, 1.54) is 12.8 Å². The average molecular weight is 546 g/mol. The number of nitrogens with one attached hydrogen (secondary N) is 1. The van der Waals surface area contributed by atoms with E-state index < -0.39 is 0 Å². The maximum Gasteiger partial charge on any atom is 0.213 e. The highest BCUT2D eigenvalue weighted by molar-refractivity contribution is 14.0. The summed E-state index contributed by atoms with van der Waals surface area (Å²) in [5.41, 5.74) is 1.13. The lowest BCUT2D eigenvalue weighted by Crippen LogP contribution is -2.47. The first kappa shape index (κ1) is 26.1. The van der Waals surface area contributed by atoms with Gasteiger partial charge in [-0.1, -0.05) is 0 Å². The van der Waals surface area contributed by atoms with Crippen molar-refractivity contribution in [1.82, 2.24) is 15.2 Å². The number of methoxy groups -OCH3 is 1. The minimum atomic E-state index is 0. The molecule has 1 aliphatic heterocycles. The molecule has 1 aromatic rings. The van der Waals surface area contributed by atoms with Crippen LogP contribution in [0, 0.1) is 0 Å². The molecular weight excluding hydrogens is 507 g/mol. The lowest BCUT2D eigenvalue weighted by molar-refractivity contribution is 0.00990. The van der Waals surface area contributed by atoms with E-state index >= 15 is 0 Å². The molecule has 176 valence electrons. The van der Waals surface area contributed by atoms with Gasteiger partial charge in [0.2, 0.25) is 5.88 Å². The van der Waals surface area contributed by atoms with Gasteiger partial charge in [0.25, 0.3) is 0 Å². The van der Waals surface area contributed by atoms with Gasteiger partial charge < -0.3 is 24.4 Å². The molecule has 31 heavy (non-hydrogen) atoms. The van der Waals surface area contributed by atoms with Gasteiger partial charge in [-0.15, -0.1) is 24.0 Å². The highest BCUT2D eigenvalue weighted by Gasteiger charge is 2.22. The van der Waals surface area contributed by atoms with Gasteiger partial charge in [-0.3, -0.25) is 0 Å². The van der Waals surface area contributed by atoms with Crippen molar-refractivity contribution in [2.45, 2.75) is 70.6 Å². The van der Waals surface area contributed by atoms with Gasteiger partial charge in [-0.05, 0) is 63.5 Å². The quantitative estimate of drug-likeness (QED) is 0.207. The SMILES string of the molecule is CCNC(=NCc1ccnc(OC2CCCC2)c1)N1CCC(OCCCOC)CC1.I. The second-order valence-corrected chi connectivity index (χ2v) is 8.10. The minimum Gasteiger partial charge on any atom is -0.474 e. The second kappa shape index (κ2) is 14.8. The maximum atomic E-state index is 6.04. The van der Waals surface area contributed by atoms with Crippen LogP contribution in [0.3, 0.4) is 0 Å². The normalized spacial score (nSPS) is 18.1. The van der Waals surface area contributed by atoms with Crippen LogP contribution in [0.25, 0.3) is 0 Å². The van der Waals surface area contributed by atoms with Gasteiger partial charge in [-0.2, -0.15) is 0 Å². The molecule has 1 aliphatic carbocycles. The van der Waals surface area contributed by atoms with Gasteiger partial charge >= 0.3 is 0 Å².